The summed E-state index contributed by atoms with van der Waals surface area (Å²) in [5.41, 5.74) is 8.63. The van der Waals surface area contributed by atoms with E-state index in [-0.39, 0.29) is 17.0 Å². The maximum absolute atomic E-state index is 12.8. The van der Waals surface area contributed by atoms with Crippen molar-refractivity contribution in [2.45, 2.75) is 18.9 Å². The molecule has 2 aliphatic rings. The lowest BCUT2D eigenvalue weighted by atomic mass is 9.82. The number of pyridine rings is 1. The Morgan fingerprint density at radius 3 is 2.59 bits per heavy atom. The van der Waals surface area contributed by atoms with Crippen molar-refractivity contribution >= 4 is 27.6 Å². The monoisotopic (exact) mass is 409 g/mol. The zero-order valence-electron chi connectivity index (χ0n) is 15.5. The number of benzene rings is 1. The van der Waals surface area contributed by atoms with Crippen molar-refractivity contribution in [1.82, 2.24) is 14.8 Å². The molecule has 9 heteroatoms. The van der Waals surface area contributed by atoms with Crippen LogP contribution in [0.5, 0.6) is 0 Å². The average molecular weight is 409 g/mol. The summed E-state index contributed by atoms with van der Waals surface area (Å²) in [5.74, 6) is -0.365. The second-order valence-corrected chi connectivity index (χ2v) is 8.61. The first kappa shape index (κ1) is 17.9. The summed E-state index contributed by atoms with van der Waals surface area (Å²) in [6.45, 7) is 2.30. The summed E-state index contributed by atoms with van der Waals surface area (Å²) in [6.07, 6.45) is 1.03. The smallest absolute Gasteiger partial charge is 0.335 e. The molecular formula is C20H19N5O3S. The highest BCUT2D eigenvalue weighted by atomic mass is 32.1. The quantitative estimate of drug-likeness (QED) is 0.682. The Balaban J connectivity index is 1.51. The summed E-state index contributed by atoms with van der Waals surface area (Å²) in [4.78, 5) is 26.1. The highest BCUT2D eigenvalue weighted by Gasteiger charge is 2.36. The maximum Gasteiger partial charge on any atom is 0.335 e. The fourth-order valence-electron chi connectivity index (χ4n) is 4.44. The zero-order valence-corrected chi connectivity index (χ0v) is 16.3. The van der Waals surface area contributed by atoms with Gasteiger partial charge in [-0.15, -0.1) is 10.2 Å². The lowest BCUT2D eigenvalue weighted by molar-refractivity contribution is 0.0697. The number of carbonyl (C=O) groups is 1. The topological polar surface area (TPSA) is 114 Å². The first-order valence-electron chi connectivity index (χ1n) is 9.40. The van der Waals surface area contributed by atoms with Crippen LogP contribution in [0, 0.1) is 5.92 Å². The van der Waals surface area contributed by atoms with Gasteiger partial charge in [0.15, 0.2) is 0 Å². The molecule has 5 rings (SSSR count). The van der Waals surface area contributed by atoms with Gasteiger partial charge in [-0.3, -0.25) is 4.79 Å². The van der Waals surface area contributed by atoms with E-state index in [2.05, 4.69) is 21.2 Å². The molecule has 3 aromatic rings. The maximum atomic E-state index is 12.8. The molecule has 3 N–H and O–H groups in total. The minimum atomic E-state index is -0.965. The Hall–Kier alpha value is -3.20. The number of hydrogen-bond donors (Lipinski definition) is 2. The molecule has 2 atom stereocenters. The summed E-state index contributed by atoms with van der Waals surface area (Å²) >= 11 is 1.39. The van der Waals surface area contributed by atoms with Gasteiger partial charge in [0.25, 0.3) is 5.56 Å². The molecule has 1 saturated heterocycles. The molecule has 2 aromatic heterocycles. The fraction of sp³-hybridized carbons (Fsp3) is 0.300. The van der Waals surface area contributed by atoms with E-state index < -0.39 is 5.97 Å². The number of nitrogens with two attached hydrogens (primary N) is 1. The van der Waals surface area contributed by atoms with Gasteiger partial charge in [0.1, 0.15) is 0 Å². The molecule has 0 amide bonds. The van der Waals surface area contributed by atoms with Crippen molar-refractivity contribution in [2.24, 2.45) is 5.92 Å². The predicted molar refractivity (Wildman–Crippen MR) is 110 cm³/mol. The van der Waals surface area contributed by atoms with E-state index >= 15 is 0 Å². The van der Waals surface area contributed by atoms with Crippen LogP contribution in [-0.4, -0.2) is 38.9 Å². The molecule has 0 unspecified atom stereocenters. The number of hydrogen-bond acceptors (Lipinski definition) is 7. The molecule has 2 bridgehead atoms. The highest BCUT2D eigenvalue weighted by molar-refractivity contribution is 7.18. The van der Waals surface area contributed by atoms with Gasteiger partial charge in [-0.1, -0.05) is 23.5 Å². The van der Waals surface area contributed by atoms with Gasteiger partial charge in [-0.2, -0.15) is 0 Å². The molecule has 2 aliphatic heterocycles. The SMILES string of the molecule is Nc1nnc(N2C[C@@H]3C[C@H](C2)c2cc(-c4ccc(C(=O)O)cc4)cc(=O)n2C3)s1. The minimum Gasteiger partial charge on any atom is -0.478 e. The van der Waals surface area contributed by atoms with E-state index in [1.807, 2.05) is 4.57 Å². The third-order valence-electron chi connectivity index (χ3n) is 5.72. The van der Waals surface area contributed by atoms with Crippen LogP contribution in [0.4, 0.5) is 10.3 Å². The number of aromatic nitrogens is 3. The Labute approximate surface area is 170 Å². The summed E-state index contributed by atoms with van der Waals surface area (Å²) in [7, 11) is 0. The van der Waals surface area contributed by atoms with Gasteiger partial charge >= 0.3 is 5.97 Å². The molecule has 1 aromatic carbocycles. The molecule has 0 spiro atoms. The molecule has 0 aliphatic carbocycles. The average Bonchev–Trinajstić information content (AvgIpc) is 3.15. The largest absolute Gasteiger partial charge is 0.478 e. The van der Waals surface area contributed by atoms with Crippen molar-refractivity contribution < 1.29 is 9.90 Å². The van der Waals surface area contributed by atoms with E-state index in [0.717, 1.165) is 41.5 Å². The van der Waals surface area contributed by atoms with Gasteiger partial charge in [0, 0.05) is 37.3 Å². The van der Waals surface area contributed by atoms with Crippen LogP contribution >= 0.6 is 11.3 Å². The lowest BCUT2D eigenvalue weighted by Gasteiger charge is -2.42. The molecule has 148 valence electrons. The molecule has 29 heavy (non-hydrogen) atoms. The molecule has 0 radical (unpaired) electrons. The molecule has 1 fully saturated rings. The third kappa shape index (κ3) is 3.17. The fourth-order valence-corrected chi connectivity index (χ4v) is 5.07. The van der Waals surface area contributed by atoms with Crippen molar-refractivity contribution in [3.63, 3.8) is 0 Å². The first-order valence-corrected chi connectivity index (χ1v) is 10.2. The number of anilines is 2. The molecule has 0 saturated carbocycles. The van der Waals surface area contributed by atoms with E-state index in [4.69, 9.17) is 10.8 Å². The Kier molecular flexibility index (Phi) is 4.13. The van der Waals surface area contributed by atoms with E-state index in [9.17, 15) is 9.59 Å². The van der Waals surface area contributed by atoms with Crippen LogP contribution in [0.2, 0.25) is 0 Å². The summed E-state index contributed by atoms with van der Waals surface area (Å²) in [5, 5.41) is 18.5. The van der Waals surface area contributed by atoms with E-state index in [1.165, 1.54) is 11.3 Å². The van der Waals surface area contributed by atoms with Gasteiger partial charge < -0.3 is 20.3 Å². The van der Waals surface area contributed by atoms with Crippen LogP contribution in [0.25, 0.3) is 11.1 Å². The zero-order chi connectivity index (χ0) is 20.1. The first-order chi connectivity index (χ1) is 14.0. The van der Waals surface area contributed by atoms with Gasteiger partial charge in [0.05, 0.1) is 5.56 Å². The predicted octanol–water partition coefficient (Wildman–Crippen LogP) is 2.27. The molecule has 4 heterocycles. The van der Waals surface area contributed by atoms with Crippen molar-refractivity contribution in [2.75, 3.05) is 23.7 Å². The number of rotatable bonds is 3. The van der Waals surface area contributed by atoms with E-state index in [0.29, 0.717) is 17.6 Å². The lowest BCUT2D eigenvalue weighted by Crippen LogP contribution is -2.47. The number of carboxylic acids is 1. The standard InChI is InChI=1S/C20H19N5O3S/c21-19-22-23-20(29-19)24-8-11-5-15(10-24)16-6-14(7-17(26)25(16)9-11)12-1-3-13(4-2-12)18(27)28/h1-4,6-7,11,15H,5,8-10H2,(H2,21,22)(H,27,28)/t11-,15+/m0/s1. The Bertz CT molecular complexity index is 1150. The number of nitrogens with zero attached hydrogens (tertiary/aromatic N) is 4. The van der Waals surface area contributed by atoms with Crippen LogP contribution in [0.1, 0.15) is 28.4 Å². The molecular weight excluding hydrogens is 390 g/mol. The normalized spacial score (nSPS) is 20.3. The minimum absolute atomic E-state index is 0.0110. The number of aromatic carboxylic acids is 1. The second-order valence-electron chi connectivity index (χ2n) is 7.63. The van der Waals surface area contributed by atoms with Crippen LogP contribution in [0.3, 0.4) is 0 Å². The van der Waals surface area contributed by atoms with Crippen molar-refractivity contribution in [3.05, 3.63) is 58.0 Å². The van der Waals surface area contributed by atoms with Crippen molar-refractivity contribution in [1.29, 1.82) is 0 Å². The Morgan fingerprint density at radius 1 is 1.10 bits per heavy atom. The molecule has 8 nitrogen and oxygen atoms in total. The number of piperidine rings is 1. The van der Waals surface area contributed by atoms with Crippen molar-refractivity contribution in [3.8, 4) is 11.1 Å². The number of carboxylic acid groups (broad SMARTS) is 1. The summed E-state index contributed by atoms with van der Waals surface area (Å²) < 4.78 is 1.89. The van der Waals surface area contributed by atoms with Gasteiger partial charge in [-0.25, -0.2) is 4.79 Å². The van der Waals surface area contributed by atoms with Gasteiger partial charge in [-0.05, 0) is 41.7 Å². The van der Waals surface area contributed by atoms with E-state index in [1.54, 1.807) is 30.3 Å². The van der Waals surface area contributed by atoms with Crippen LogP contribution in [0.15, 0.2) is 41.2 Å². The number of fused-ring (bicyclic) bond motifs is 4. The summed E-state index contributed by atoms with van der Waals surface area (Å²) in [6, 6.07) is 10.3. The van der Waals surface area contributed by atoms with Gasteiger partial charge in [0.2, 0.25) is 10.3 Å². The highest BCUT2D eigenvalue weighted by Crippen LogP contribution is 2.39. The van der Waals surface area contributed by atoms with Crippen LogP contribution < -0.4 is 16.2 Å². The second kappa shape index (κ2) is 6.70. The third-order valence-corrected chi connectivity index (χ3v) is 6.54. The number of nitrogen functional groups attached to an aromatic ring is 1. The Morgan fingerprint density at radius 2 is 1.90 bits per heavy atom. The van der Waals surface area contributed by atoms with Crippen LogP contribution in [-0.2, 0) is 6.54 Å².